The van der Waals surface area contributed by atoms with Crippen LogP contribution in [0.1, 0.15) is 6.42 Å². The maximum absolute atomic E-state index is 5.53. The third kappa shape index (κ3) is 2.32. The fourth-order valence-corrected chi connectivity index (χ4v) is 1.94. The highest BCUT2D eigenvalue weighted by atomic mass is 32.2. The lowest BCUT2D eigenvalue weighted by Gasteiger charge is -2.20. The normalized spacial score (nSPS) is 17.1. The molecule has 0 unspecified atom stereocenters. The summed E-state index contributed by atoms with van der Waals surface area (Å²) in [5, 5.41) is 0. The van der Waals surface area contributed by atoms with Crippen molar-refractivity contribution in [2.45, 2.75) is 11.3 Å². The zero-order valence-electron chi connectivity index (χ0n) is 8.23. The molecule has 14 heavy (non-hydrogen) atoms. The molecule has 0 bridgehead atoms. The molecule has 4 heteroatoms. The Kier molecular flexibility index (Phi) is 3.51. The van der Waals surface area contributed by atoms with Gasteiger partial charge in [-0.2, -0.15) is 0 Å². The van der Waals surface area contributed by atoms with Crippen LogP contribution in [0.2, 0.25) is 0 Å². The van der Waals surface area contributed by atoms with Crippen molar-refractivity contribution < 1.29 is 9.31 Å². The Balaban J connectivity index is 2.13. The van der Waals surface area contributed by atoms with Crippen molar-refractivity contribution >= 4 is 24.3 Å². The van der Waals surface area contributed by atoms with Crippen LogP contribution >= 0.6 is 11.8 Å². The average Bonchev–Trinajstić information content (AvgIpc) is 2.30. The van der Waals surface area contributed by atoms with Gasteiger partial charge in [0.25, 0.3) is 0 Å². The first kappa shape index (κ1) is 10.1. The van der Waals surface area contributed by atoms with Gasteiger partial charge in [-0.05, 0) is 30.3 Å². The SMILES string of the molecule is CSc1cccc(B2OCCCO2)c1. The van der Waals surface area contributed by atoms with Gasteiger partial charge in [-0.3, -0.25) is 0 Å². The van der Waals surface area contributed by atoms with E-state index in [9.17, 15) is 0 Å². The molecule has 0 amide bonds. The van der Waals surface area contributed by atoms with E-state index >= 15 is 0 Å². The lowest BCUT2D eigenvalue weighted by Crippen LogP contribution is -2.40. The van der Waals surface area contributed by atoms with Gasteiger partial charge in [0.05, 0.1) is 0 Å². The van der Waals surface area contributed by atoms with E-state index in [0.717, 1.165) is 25.1 Å². The molecule has 0 atom stereocenters. The van der Waals surface area contributed by atoms with E-state index in [4.69, 9.17) is 9.31 Å². The predicted octanol–water partition coefficient (Wildman–Crippen LogP) is 1.54. The summed E-state index contributed by atoms with van der Waals surface area (Å²) in [7, 11) is -0.157. The summed E-state index contributed by atoms with van der Waals surface area (Å²) in [5.74, 6) is 0. The maximum atomic E-state index is 5.53. The van der Waals surface area contributed by atoms with Crippen LogP contribution in [0.5, 0.6) is 0 Å². The zero-order valence-corrected chi connectivity index (χ0v) is 9.05. The molecule has 1 aromatic rings. The quantitative estimate of drug-likeness (QED) is 0.542. The number of thioether (sulfide) groups is 1. The second-order valence-electron chi connectivity index (χ2n) is 3.20. The van der Waals surface area contributed by atoms with Crippen molar-refractivity contribution in [3.05, 3.63) is 24.3 Å². The van der Waals surface area contributed by atoms with E-state index in [1.54, 1.807) is 11.8 Å². The van der Waals surface area contributed by atoms with Gasteiger partial charge < -0.3 is 9.31 Å². The minimum absolute atomic E-state index is 0.157. The Morgan fingerprint density at radius 2 is 2.07 bits per heavy atom. The third-order valence-corrected chi connectivity index (χ3v) is 2.92. The summed E-state index contributed by atoms with van der Waals surface area (Å²) in [4.78, 5) is 1.25. The number of hydrogen-bond acceptors (Lipinski definition) is 3. The van der Waals surface area contributed by atoms with Crippen LogP contribution in [0.25, 0.3) is 0 Å². The first-order chi connectivity index (χ1) is 6.90. The highest BCUT2D eigenvalue weighted by molar-refractivity contribution is 7.98. The summed E-state index contributed by atoms with van der Waals surface area (Å²) in [6, 6.07) is 8.32. The van der Waals surface area contributed by atoms with E-state index < -0.39 is 0 Å². The molecular formula is C10H13BO2S. The maximum Gasteiger partial charge on any atom is 0.493 e. The molecular weight excluding hydrogens is 195 g/mol. The number of rotatable bonds is 2. The van der Waals surface area contributed by atoms with Crippen LogP contribution in [0.4, 0.5) is 0 Å². The molecule has 0 spiro atoms. The molecule has 1 heterocycles. The smallest absolute Gasteiger partial charge is 0.407 e. The first-order valence-electron chi connectivity index (χ1n) is 4.77. The average molecular weight is 208 g/mol. The Morgan fingerprint density at radius 3 is 2.79 bits per heavy atom. The summed E-state index contributed by atoms with van der Waals surface area (Å²) in [6.45, 7) is 1.60. The summed E-state index contributed by atoms with van der Waals surface area (Å²) in [5.41, 5.74) is 1.12. The van der Waals surface area contributed by atoms with E-state index in [0.29, 0.717) is 0 Å². The monoisotopic (exact) mass is 208 g/mol. The van der Waals surface area contributed by atoms with Crippen molar-refractivity contribution in [1.82, 2.24) is 0 Å². The molecule has 1 saturated heterocycles. The van der Waals surface area contributed by atoms with Gasteiger partial charge in [0.2, 0.25) is 0 Å². The molecule has 0 N–H and O–H groups in total. The van der Waals surface area contributed by atoms with Crippen LogP contribution in [0.3, 0.4) is 0 Å². The molecule has 1 aliphatic heterocycles. The van der Waals surface area contributed by atoms with Crippen LogP contribution in [-0.4, -0.2) is 26.6 Å². The van der Waals surface area contributed by atoms with E-state index in [1.165, 1.54) is 4.90 Å². The molecule has 1 aliphatic rings. The second kappa shape index (κ2) is 4.87. The molecule has 1 aromatic carbocycles. The van der Waals surface area contributed by atoms with Crippen molar-refractivity contribution in [2.75, 3.05) is 19.5 Å². The Bertz CT molecular complexity index is 300. The van der Waals surface area contributed by atoms with Crippen molar-refractivity contribution in [3.8, 4) is 0 Å². The van der Waals surface area contributed by atoms with E-state index in [-0.39, 0.29) is 7.12 Å². The summed E-state index contributed by atoms with van der Waals surface area (Å²) < 4.78 is 11.1. The Hall–Kier alpha value is -0.445. The summed E-state index contributed by atoms with van der Waals surface area (Å²) >= 11 is 1.74. The summed E-state index contributed by atoms with van der Waals surface area (Å²) in [6.07, 6.45) is 3.07. The zero-order chi connectivity index (χ0) is 9.80. The van der Waals surface area contributed by atoms with Gasteiger partial charge >= 0.3 is 7.12 Å². The minimum atomic E-state index is -0.157. The van der Waals surface area contributed by atoms with Crippen LogP contribution in [-0.2, 0) is 9.31 Å². The molecule has 2 nitrogen and oxygen atoms in total. The van der Waals surface area contributed by atoms with Crippen molar-refractivity contribution in [3.63, 3.8) is 0 Å². The van der Waals surface area contributed by atoms with Crippen LogP contribution in [0, 0.1) is 0 Å². The number of hydrogen-bond donors (Lipinski definition) is 0. The van der Waals surface area contributed by atoms with Gasteiger partial charge in [-0.25, -0.2) is 0 Å². The molecule has 0 aromatic heterocycles. The minimum Gasteiger partial charge on any atom is -0.407 e. The highest BCUT2D eigenvalue weighted by Gasteiger charge is 2.24. The van der Waals surface area contributed by atoms with Gasteiger partial charge in [0.1, 0.15) is 0 Å². The van der Waals surface area contributed by atoms with Crippen LogP contribution in [0.15, 0.2) is 29.2 Å². The van der Waals surface area contributed by atoms with Gasteiger partial charge in [0.15, 0.2) is 0 Å². The van der Waals surface area contributed by atoms with Crippen molar-refractivity contribution in [2.24, 2.45) is 0 Å². The topological polar surface area (TPSA) is 18.5 Å². The standard InChI is InChI=1S/C10H13BO2S/c1-14-10-5-2-4-9(8-10)11-12-6-3-7-13-11/h2,4-5,8H,3,6-7H2,1H3. The van der Waals surface area contributed by atoms with E-state index in [2.05, 4.69) is 24.5 Å². The first-order valence-corrected chi connectivity index (χ1v) is 6.00. The Labute approximate surface area is 89.1 Å². The molecule has 2 rings (SSSR count). The number of benzene rings is 1. The fourth-order valence-electron chi connectivity index (χ4n) is 1.47. The second-order valence-corrected chi connectivity index (χ2v) is 4.08. The van der Waals surface area contributed by atoms with Crippen molar-refractivity contribution in [1.29, 1.82) is 0 Å². The van der Waals surface area contributed by atoms with E-state index in [1.807, 2.05) is 6.07 Å². The lowest BCUT2D eigenvalue weighted by molar-refractivity contribution is 0.143. The molecule has 1 fully saturated rings. The lowest BCUT2D eigenvalue weighted by atomic mass is 9.78. The van der Waals surface area contributed by atoms with Gasteiger partial charge in [-0.1, -0.05) is 12.1 Å². The largest absolute Gasteiger partial charge is 0.493 e. The Morgan fingerprint density at radius 1 is 1.29 bits per heavy atom. The predicted molar refractivity (Wildman–Crippen MR) is 60.1 cm³/mol. The third-order valence-electron chi connectivity index (χ3n) is 2.19. The van der Waals surface area contributed by atoms with Gasteiger partial charge in [-0.15, -0.1) is 11.8 Å². The fraction of sp³-hybridized carbons (Fsp3) is 0.400. The molecule has 0 radical (unpaired) electrons. The highest BCUT2D eigenvalue weighted by Crippen LogP contribution is 2.12. The molecule has 0 aliphatic carbocycles. The van der Waals surface area contributed by atoms with Gasteiger partial charge in [0, 0.05) is 18.1 Å². The molecule has 0 saturated carbocycles. The molecule has 74 valence electrons. The van der Waals surface area contributed by atoms with Crippen LogP contribution < -0.4 is 5.46 Å².